The van der Waals surface area contributed by atoms with Crippen LogP contribution in [0.15, 0.2) is 24.3 Å². The Morgan fingerprint density at radius 2 is 2.09 bits per heavy atom. The SMILES string of the molecule is Cc1ccc(-c2nc(C)sc2CC(=O)N2CCNC[C@H]2C)cc1. The van der Waals surface area contributed by atoms with E-state index in [9.17, 15) is 4.79 Å². The molecule has 0 saturated carbocycles. The molecule has 0 bridgehead atoms. The molecule has 1 aliphatic rings. The van der Waals surface area contributed by atoms with Gasteiger partial charge in [0, 0.05) is 36.1 Å². The molecule has 1 aliphatic heterocycles. The van der Waals surface area contributed by atoms with Crippen molar-refractivity contribution in [1.82, 2.24) is 15.2 Å². The van der Waals surface area contributed by atoms with Crippen LogP contribution in [0.5, 0.6) is 0 Å². The molecular formula is C18H23N3OS. The highest BCUT2D eigenvalue weighted by Gasteiger charge is 2.24. The Morgan fingerprint density at radius 1 is 1.35 bits per heavy atom. The molecule has 4 nitrogen and oxygen atoms in total. The highest BCUT2D eigenvalue weighted by atomic mass is 32.1. The Bertz CT molecular complexity index is 693. The highest BCUT2D eigenvalue weighted by Crippen LogP contribution is 2.29. The molecule has 3 rings (SSSR count). The van der Waals surface area contributed by atoms with Gasteiger partial charge in [-0.05, 0) is 20.8 Å². The number of aromatic nitrogens is 1. The number of nitrogens with one attached hydrogen (secondary N) is 1. The maximum atomic E-state index is 12.7. The van der Waals surface area contributed by atoms with Crippen molar-refractivity contribution in [3.05, 3.63) is 39.7 Å². The summed E-state index contributed by atoms with van der Waals surface area (Å²) >= 11 is 1.63. The predicted octanol–water partition coefficient (Wildman–Crippen LogP) is 2.79. The van der Waals surface area contributed by atoms with E-state index in [0.717, 1.165) is 40.8 Å². The Morgan fingerprint density at radius 3 is 2.78 bits per heavy atom. The number of carbonyl (C=O) groups is 1. The number of hydrogen-bond acceptors (Lipinski definition) is 4. The summed E-state index contributed by atoms with van der Waals surface area (Å²) in [4.78, 5) is 20.4. The van der Waals surface area contributed by atoms with Crippen LogP contribution in [0.4, 0.5) is 0 Å². The van der Waals surface area contributed by atoms with Crippen LogP contribution < -0.4 is 5.32 Å². The number of piperazine rings is 1. The van der Waals surface area contributed by atoms with Gasteiger partial charge in [-0.1, -0.05) is 29.8 Å². The Kier molecular flexibility index (Phi) is 4.78. The Hall–Kier alpha value is -1.72. The van der Waals surface area contributed by atoms with Gasteiger partial charge in [-0.3, -0.25) is 4.79 Å². The average Bonchev–Trinajstić information content (AvgIpc) is 2.89. The quantitative estimate of drug-likeness (QED) is 0.942. The second-order valence-corrected chi connectivity index (χ2v) is 7.48. The fraction of sp³-hybridized carbons (Fsp3) is 0.444. The zero-order chi connectivity index (χ0) is 16.4. The molecule has 1 fully saturated rings. The molecule has 0 spiro atoms. The molecule has 1 saturated heterocycles. The lowest BCUT2D eigenvalue weighted by Gasteiger charge is -2.34. The molecule has 1 atom stereocenters. The number of amides is 1. The van der Waals surface area contributed by atoms with Crippen LogP contribution in [-0.2, 0) is 11.2 Å². The van der Waals surface area contributed by atoms with Crippen molar-refractivity contribution in [2.75, 3.05) is 19.6 Å². The van der Waals surface area contributed by atoms with E-state index >= 15 is 0 Å². The van der Waals surface area contributed by atoms with E-state index in [0.29, 0.717) is 6.42 Å². The minimum Gasteiger partial charge on any atom is -0.337 e. The smallest absolute Gasteiger partial charge is 0.228 e. The van der Waals surface area contributed by atoms with Gasteiger partial charge in [0.25, 0.3) is 0 Å². The van der Waals surface area contributed by atoms with Crippen molar-refractivity contribution in [3.63, 3.8) is 0 Å². The minimum absolute atomic E-state index is 0.205. The molecule has 5 heteroatoms. The van der Waals surface area contributed by atoms with Gasteiger partial charge in [0.1, 0.15) is 0 Å². The third-order valence-corrected chi connectivity index (χ3v) is 5.23. The van der Waals surface area contributed by atoms with Crippen LogP contribution in [0, 0.1) is 13.8 Å². The number of carbonyl (C=O) groups excluding carboxylic acids is 1. The first-order valence-electron chi connectivity index (χ1n) is 8.08. The number of rotatable bonds is 3. The van der Waals surface area contributed by atoms with Crippen LogP contribution in [0.1, 0.15) is 22.4 Å². The van der Waals surface area contributed by atoms with Gasteiger partial charge in [0.05, 0.1) is 17.1 Å². The molecule has 122 valence electrons. The summed E-state index contributed by atoms with van der Waals surface area (Å²) in [6, 6.07) is 8.62. The summed E-state index contributed by atoms with van der Waals surface area (Å²) in [7, 11) is 0. The average molecular weight is 329 g/mol. The van der Waals surface area contributed by atoms with Gasteiger partial charge in [-0.15, -0.1) is 11.3 Å². The topological polar surface area (TPSA) is 45.2 Å². The van der Waals surface area contributed by atoms with Crippen molar-refractivity contribution < 1.29 is 4.79 Å². The van der Waals surface area contributed by atoms with Crippen molar-refractivity contribution >= 4 is 17.2 Å². The first-order valence-corrected chi connectivity index (χ1v) is 8.90. The van der Waals surface area contributed by atoms with E-state index in [1.54, 1.807) is 11.3 Å². The van der Waals surface area contributed by atoms with E-state index in [2.05, 4.69) is 48.4 Å². The van der Waals surface area contributed by atoms with Gasteiger partial charge in [0.2, 0.25) is 5.91 Å². The molecule has 0 aliphatic carbocycles. The summed E-state index contributed by atoms with van der Waals surface area (Å²) in [5, 5.41) is 4.34. The van der Waals surface area contributed by atoms with E-state index in [-0.39, 0.29) is 11.9 Å². The van der Waals surface area contributed by atoms with E-state index in [1.165, 1.54) is 5.56 Å². The lowest BCUT2D eigenvalue weighted by Crippen LogP contribution is -2.52. The van der Waals surface area contributed by atoms with E-state index < -0.39 is 0 Å². The molecule has 1 aromatic carbocycles. The van der Waals surface area contributed by atoms with Crippen molar-refractivity contribution in [1.29, 1.82) is 0 Å². The maximum Gasteiger partial charge on any atom is 0.228 e. The second-order valence-electron chi connectivity index (χ2n) is 6.19. The number of nitrogens with zero attached hydrogens (tertiary/aromatic N) is 2. The fourth-order valence-electron chi connectivity index (χ4n) is 2.98. The van der Waals surface area contributed by atoms with Crippen LogP contribution in [-0.4, -0.2) is 41.5 Å². The normalized spacial score (nSPS) is 18.2. The van der Waals surface area contributed by atoms with Gasteiger partial charge in [-0.25, -0.2) is 4.98 Å². The minimum atomic E-state index is 0.205. The number of benzene rings is 1. The fourth-order valence-corrected chi connectivity index (χ4v) is 3.93. The second kappa shape index (κ2) is 6.81. The summed E-state index contributed by atoms with van der Waals surface area (Å²) in [5.41, 5.74) is 3.28. The third kappa shape index (κ3) is 3.62. The lowest BCUT2D eigenvalue weighted by atomic mass is 10.1. The number of hydrogen-bond donors (Lipinski definition) is 1. The van der Waals surface area contributed by atoms with Crippen molar-refractivity contribution in [2.45, 2.75) is 33.2 Å². The van der Waals surface area contributed by atoms with Crippen LogP contribution in [0.2, 0.25) is 0 Å². The summed E-state index contributed by atoms with van der Waals surface area (Å²) in [5.74, 6) is 0.205. The first-order chi connectivity index (χ1) is 11.0. The molecule has 1 N–H and O–H groups in total. The molecule has 23 heavy (non-hydrogen) atoms. The molecule has 2 aromatic rings. The zero-order valence-corrected chi connectivity index (χ0v) is 14.7. The van der Waals surface area contributed by atoms with E-state index in [4.69, 9.17) is 0 Å². The van der Waals surface area contributed by atoms with Crippen LogP contribution >= 0.6 is 11.3 Å². The van der Waals surface area contributed by atoms with Gasteiger partial charge < -0.3 is 10.2 Å². The molecule has 0 radical (unpaired) electrons. The van der Waals surface area contributed by atoms with Crippen molar-refractivity contribution in [3.8, 4) is 11.3 Å². The predicted molar refractivity (Wildman–Crippen MR) is 94.8 cm³/mol. The third-order valence-electron chi connectivity index (χ3n) is 4.26. The molecule has 1 aromatic heterocycles. The van der Waals surface area contributed by atoms with Gasteiger partial charge in [0.15, 0.2) is 0 Å². The lowest BCUT2D eigenvalue weighted by molar-refractivity contribution is -0.133. The largest absolute Gasteiger partial charge is 0.337 e. The van der Waals surface area contributed by atoms with Gasteiger partial charge >= 0.3 is 0 Å². The molecule has 1 amide bonds. The molecule has 0 unspecified atom stereocenters. The summed E-state index contributed by atoms with van der Waals surface area (Å²) in [6.45, 7) is 8.72. The van der Waals surface area contributed by atoms with E-state index in [1.807, 2.05) is 11.8 Å². The highest BCUT2D eigenvalue weighted by molar-refractivity contribution is 7.12. The monoisotopic (exact) mass is 329 g/mol. The Balaban J connectivity index is 1.83. The standard InChI is InChI=1S/C18H23N3OS/c1-12-4-6-15(7-5-12)18-16(23-14(3)20-18)10-17(22)21-9-8-19-11-13(21)2/h4-7,13,19H,8-11H2,1-3H3/t13-/m1/s1. The summed E-state index contributed by atoms with van der Waals surface area (Å²) < 4.78 is 0. The number of aryl methyl sites for hydroxylation is 2. The first kappa shape index (κ1) is 16.1. The van der Waals surface area contributed by atoms with Crippen LogP contribution in [0.3, 0.4) is 0 Å². The Labute approximate surface area is 141 Å². The zero-order valence-electron chi connectivity index (χ0n) is 13.9. The number of thiazole rings is 1. The van der Waals surface area contributed by atoms with Crippen molar-refractivity contribution in [2.24, 2.45) is 0 Å². The maximum absolute atomic E-state index is 12.7. The summed E-state index contributed by atoms with van der Waals surface area (Å²) in [6.07, 6.45) is 0.444. The van der Waals surface area contributed by atoms with Gasteiger partial charge in [-0.2, -0.15) is 0 Å². The molecular weight excluding hydrogens is 306 g/mol. The van der Waals surface area contributed by atoms with Crippen LogP contribution in [0.25, 0.3) is 11.3 Å². The molecule has 2 heterocycles.